The molecule has 2 fully saturated rings. The van der Waals surface area contributed by atoms with E-state index in [9.17, 15) is 9.59 Å². The van der Waals surface area contributed by atoms with Crippen LogP contribution in [0.1, 0.15) is 49.5 Å². The Morgan fingerprint density at radius 3 is 2.63 bits per heavy atom. The predicted molar refractivity (Wildman–Crippen MR) is 106 cm³/mol. The van der Waals surface area contributed by atoms with Gasteiger partial charge in [0.25, 0.3) is 0 Å². The Labute approximate surface area is 166 Å². The Bertz CT molecular complexity index is 832. The normalized spacial score (nSPS) is 20.9. The zero-order valence-electron chi connectivity index (χ0n) is 14.9. The van der Waals surface area contributed by atoms with Crippen molar-refractivity contribution in [2.24, 2.45) is 5.92 Å². The molecule has 142 valence electrons. The lowest BCUT2D eigenvalue weighted by atomic mass is 9.90. The quantitative estimate of drug-likeness (QED) is 0.827. The van der Waals surface area contributed by atoms with E-state index in [4.69, 9.17) is 11.6 Å². The molecule has 1 aromatic carbocycles. The average Bonchev–Trinajstić information content (AvgIpc) is 3.30. The van der Waals surface area contributed by atoms with Gasteiger partial charge in [-0.15, -0.1) is 10.2 Å². The molecule has 0 radical (unpaired) electrons. The molecule has 2 aliphatic rings. The molecular weight excluding hydrogens is 384 g/mol. The van der Waals surface area contributed by atoms with Gasteiger partial charge in [-0.2, -0.15) is 0 Å². The largest absolute Gasteiger partial charge is 0.312 e. The standard InChI is InChI=1S/C19H21ClN4O2S/c20-14-6-8-15(9-7-14)24-11-13(10-16(24)25)17(26)21-19-23-22-18(27-19)12-4-2-1-3-5-12/h6-9,12-13H,1-5,10-11H2,(H,21,23,26). The Balaban J connectivity index is 1.38. The van der Waals surface area contributed by atoms with E-state index < -0.39 is 5.92 Å². The first kappa shape index (κ1) is 18.4. The summed E-state index contributed by atoms with van der Waals surface area (Å²) in [6.45, 7) is 0.362. The molecule has 1 atom stereocenters. The van der Waals surface area contributed by atoms with Crippen molar-refractivity contribution in [1.82, 2.24) is 10.2 Å². The molecule has 2 aromatic rings. The van der Waals surface area contributed by atoms with E-state index in [0.717, 1.165) is 23.5 Å². The average molecular weight is 405 g/mol. The number of hydrogen-bond donors (Lipinski definition) is 1. The molecule has 1 N–H and O–H groups in total. The van der Waals surface area contributed by atoms with Crippen LogP contribution in [0, 0.1) is 5.92 Å². The van der Waals surface area contributed by atoms with Crippen LogP contribution in [-0.4, -0.2) is 28.6 Å². The minimum Gasteiger partial charge on any atom is -0.312 e. The maximum atomic E-state index is 12.6. The highest BCUT2D eigenvalue weighted by atomic mass is 35.5. The van der Waals surface area contributed by atoms with Crippen LogP contribution in [-0.2, 0) is 9.59 Å². The Morgan fingerprint density at radius 2 is 1.89 bits per heavy atom. The number of benzene rings is 1. The Hall–Kier alpha value is -1.99. The molecule has 1 saturated carbocycles. The SMILES string of the molecule is O=C(Nc1nnc(C2CCCCC2)s1)C1CC(=O)N(c2ccc(Cl)cc2)C1. The summed E-state index contributed by atoms with van der Waals surface area (Å²) < 4.78 is 0. The van der Waals surface area contributed by atoms with Crippen LogP contribution in [0.3, 0.4) is 0 Å². The van der Waals surface area contributed by atoms with Crippen LogP contribution in [0.4, 0.5) is 10.8 Å². The van der Waals surface area contributed by atoms with Gasteiger partial charge < -0.3 is 10.2 Å². The number of halogens is 1. The van der Waals surface area contributed by atoms with Gasteiger partial charge in [-0.1, -0.05) is 42.2 Å². The number of anilines is 2. The van der Waals surface area contributed by atoms with Crippen molar-refractivity contribution >= 4 is 45.6 Å². The highest BCUT2D eigenvalue weighted by Gasteiger charge is 2.35. The zero-order chi connectivity index (χ0) is 18.8. The fourth-order valence-corrected chi connectivity index (χ4v) is 4.80. The van der Waals surface area contributed by atoms with Gasteiger partial charge in [-0.05, 0) is 37.1 Å². The molecule has 1 saturated heterocycles. The fourth-order valence-electron chi connectivity index (χ4n) is 3.76. The topological polar surface area (TPSA) is 75.2 Å². The first-order chi connectivity index (χ1) is 13.1. The van der Waals surface area contributed by atoms with Crippen molar-refractivity contribution in [2.75, 3.05) is 16.8 Å². The summed E-state index contributed by atoms with van der Waals surface area (Å²) >= 11 is 7.36. The molecule has 1 aliphatic carbocycles. The molecule has 1 aliphatic heterocycles. The van der Waals surface area contributed by atoms with Gasteiger partial charge in [0, 0.05) is 29.6 Å². The first-order valence-corrected chi connectivity index (χ1v) is 10.5. The molecule has 4 rings (SSSR count). The molecular formula is C19H21ClN4O2S. The van der Waals surface area contributed by atoms with Gasteiger partial charge in [0.15, 0.2) is 0 Å². The zero-order valence-corrected chi connectivity index (χ0v) is 16.4. The molecule has 1 aromatic heterocycles. The van der Waals surface area contributed by atoms with Crippen LogP contribution in [0.15, 0.2) is 24.3 Å². The summed E-state index contributed by atoms with van der Waals surface area (Å²) in [4.78, 5) is 26.6. The number of amides is 2. The maximum Gasteiger partial charge on any atom is 0.231 e. The highest BCUT2D eigenvalue weighted by Crippen LogP contribution is 2.35. The summed E-state index contributed by atoms with van der Waals surface area (Å²) in [5, 5.41) is 13.4. The summed E-state index contributed by atoms with van der Waals surface area (Å²) in [6.07, 6.45) is 6.25. The van der Waals surface area contributed by atoms with Crippen LogP contribution >= 0.6 is 22.9 Å². The van der Waals surface area contributed by atoms with Crippen molar-refractivity contribution < 1.29 is 9.59 Å². The van der Waals surface area contributed by atoms with E-state index in [-0.39, 0.29) is 18.2 Å². The van der Waals surface area contributed by atoms with Crippen molar-refractivity contribution in [1.29, 1.82) is 0 Å². The molecule has 0 spiro atoms. The first-order valence-electron chi connectivity index (χ1n) is 9.30. The Morgan fingerprint density at radius 1 is 1.15 bits per heavy atom. The van der Waals surface area contributed by atoms with Crippen molar-refractivity contribution in [3.05, 3.63) is 34.3 Å². The number of nitrogens with zero attached hydrogens (tertiary/aromatic N) is 3. The lowest BCUT2D eigenvalue weighted by Gasteiger charge is -2.18. The van der Waals surface area contributed by atoms with Gasteiger partial charge in [0.05, 0.1) is 5.92 Å². The molecule has 2 amide bonds. The van der Waals surface area contributed by atoms with Crippen LogP contribution < -0.4 is 10.2 Å². The lowest BCUT2D eigenvalue weighted by molar-refractivity contribution is -0.122. The van der Waals surface area contributed by atoms with Crippen LogP contribution in [0.5, 0.6) is 0 Å². The maximum absolute atomic E-state index is 12.6. The monoisotopic (exact) mass is 404 g/mol. The third kappa shape index (κ3) is 4.14. The fraction of sp³-hybridized carbons (Fsp3) is 0.474. The van der Waals surface area contributed by atoms with E-state index in [2.05, 4.69) is 15.5 Å². The molecule has 2 heterocycles. The van der Waals surface area contributed by atoms with Gasteiger partial charge >= 0.3 is 0 Å². The summed E-state index contributed by atoms with van der Waals surface area (Å²) in [5.74, 6) is -0.158. The van der Waals surface area contributed by atoms with E-state index in [1.807, 2.05) is 0 Å². The van der Waals surface area contributed by atoms with E-state index in [0.29, 0.717) is 22.6 Å². The van der Waals surface area contributed by atoms with Gasteiger partial charge in [-0.25, -0.2) is 0 Å². The van der Waals surface area contributed by atoms with Crippen LogP contribution in [0.2, 0.25) is 5.02 Å². The van der Waals surface area contributed by atoms with Crippen molar-refractivity contribution in [3.63, 3.8) is 0 Å². The molecule has 1 unspecified atom stereocenters. The van der Waals surface area contributed by atoms with Gasteiger partial charge in [0.1, 0.15) is 5.01 Å². The second-order valence-corrected chi connectivity index (χ2v) is 8.60. The third-order valence-electron chi connectivity index (χ3n) is 5.26. The number of aromatic nitrogens is 2. The number of carbonyl (C=O) groups excluding carboxylic acids is 2. The molecule has 6 nitrogen and oxygen atoms in total. The number of hydrogen-bond acceptors (Lipinski definition) is 5. The lowest BCUT2D eigenvalue weighted by Crippen LogP contribution is -2.28. The predicted octanol–water partition coefficient (Wildman–Crippen LogP) is 4.23. The second-order valence-electron chi connectivity index (χ2n) is 7.15. The smallest absolute Gasteiger partial charge is 0.231 e. The number of nitrogens with one attached hydrogen (secondary N) is 1. The van der Waals surface area contributed by atoms with Crippen molar-refractivity contribution in [2.45, 2.75) is 44.4 Å². The Kier molecular flexibility index (Phi) is 5.41. The van der Waals surface area contributed by atoms with E-state index in [1.165, 1.54) is 30.6 Å². The van der Waals surface area contributed by atoms with Gasteiger partial charge in [-0.3, -0.25) is 9.59 Å². The summed E-state index contributed by atoms with van der Waals surface area (Å²) in [6, 6.07) is 7.07. The molecule has 27 heavy (non-hydrogen) atoms. The minimum absolute atomic E-state index is 0.0577. The van der Waals surface area contributed by atoms with Gasteiger partial charge in [0.2, 0.25) is 16.9 Å². The molecule has 8 heteroatoms. The van der Waals surface area contributed by atoms with Crippen molar-refractivity contribution in [3.8, 4) is 0 Å². The van der Waals surface area contributed by atoms with E-state index >= 15 is 0 Å². The number of carbonyl (C=O) groups is 2. The van der Waals surface area contributed by atoms with E-state index in [1.54, 1.807) is 29.2 Å². The molecule has 0 bridgehead atoms. The summed E-state index contributed by atoms with van der Waals surface area (Å²) in [7, 11) is 0. The minimum atomic E-state index is -0.393. The third-order valence-corrected chi connectivity index (χ3v) is 6.51. The highest BCUT2D eigenvalue weighted by molar-refractivity contribution is 7.15. The summed E-state index contributed by atoms with van der Waals surface area (Å²) in [5.41, 5.74) is 0.759. The second kappa shape index (κ2) is 7.94. The van der Waals surface area contributed by atoms with Crippen LogP contribution in [0.25, 0.3) is 0 Å². The number of rotatable bonds is 4.